The summed E-state index contributed by atoms with van der Waals surface area (Å²) in [5, 5.41) is 4.39. The van der Waals surface area contributed by atoms with E-state index in [0.29, 0.717) is 27.4 Å². The minimum Gasteiger partial charge on any atom is -0.295 e. The number of rotatable bonds is 2. The fraction of sp³-hybridized carbons (Fsp3) is 0.105. The molecule has 5 nitrogen and oxygen atoms in total. The molecule has 1 aliphatic heterocycles. The zero-order valence-electron chi connectivity index (χ0n) is 13.6. The van der Waals surface area contributed by atoms with Crippen LogP contribution in [0.2, 0.25) is 0 Å². The van der Waals surface area contributed by atoms with Crippen molar-refractivity contribution in [1.29, 1.82) is 0 Å². The Morgan fingerprint density at radius 3 is 2.52 bits per heavy atom. The van der Waals surface area contributed by atoms with Crippen LogP contribution in [0.3, 0.4) is 0 Å². The summed E-state index contributed by atoms with van der Waals surface area (Å²) in [5.74, 6) is -0.379. The molecule has 25 heavy (non-hydrogen) atoms. The normalized spacial score (nSPS) is 13.1. The Bertz CT molecular complexity index is 1200. The lowest BCUT2D eigenvalue weighted by Gasteiger charge is -1.99. The maximum atomic E-state index is 13.0. The van der Waals surface area contributed by atoms with Crippen molar-refractivity contribution in [3.05, 3.63) is 84.7 Å². The standard InChI is InChI=1S/C19H14BrN3O2/c1-10-8-12(20)9-14-16(18(24)21-17(10)14)15-11(2)22-23(19(15)25)13-6-4-3-5-7-13/h3-9,22H,1-2H3. The summed E-state index contributed by atoms with van der Waals surface area (Å²) < 4.78 is 2.30. The maximum Gasteiger partial charge on any atom is 0.279 e. The lowest BCUT2D eigenvalue weighted by atomic mass is 10.0. The Balaban J connectivity index is 2.07. The first-order valence-electron chi connectivity index (χ1n) is 7.78. The van der Waals surface area contributed by atoms with Crippen LogP contribution in [0.25, 0.3) is 11.3 Å². The van der Waals surface area contributed by atoms with Crippen LogP contribution in [0, 0.1) is 13.8 Å². The van der Waals surface area contributed by atoms with E-state index in [0.717, 1.165) is 15.7 Å². The molecular weight excluding hydrogens is 382 g/mol. The van der Waals surface area contributed by atoms with Gasteiger partial charge in [-0.3, -0.25) is 14.7 Å². The zero-order valence-corrected chi connectivity index (χ0v) is 15.2. The molecule has 0 fully saturated rings. The van der Waals surface area contributed by atoms with Crippen molar-refractivity contribution in [2.75, 3.05) is 0 Å². The van der Waals surface area contributed by atoms with E-state index >= 15 is 0 Å². The van der Waals surface area contributed by atoms with Crippen molar-refractivity contribution in [3.63, 3.8) is 0 Å². The minimum absolute atomic E-state index is 0.257. The highest BCUT2D eigenvalue weighted by Crippen LogP contribution is 2.17. The van der Waals surface area contributed by atoms with Gasteiger partial charge in [-0.1, -0.05) is 34.1 Å². The van der Waals surface area contributed by atoms with E-state index < -0.39 is 0 Å². The summed E-state index contributed by atoms with van der Waals surface area (Å²) in [7, 11) is 0. The molecule has 0 saturated carbocycles. The molecule has 0 atom stereocenters. The molecule has 3 aromatic rings. The van der Waals surface area contributed by atoms with E-state index in [1.54, 1.807) is 6.92 Å². The molecule has 4 rings (SSSR count). The lowest BCUT2D eigenvalue weighted by molar-refractivity contribution is -0.112. The molecule has 6 heteroatoms. The summed E-state index contributed by atoms with van der Waals surface area (Å²) in [6, 6.07) is 13.0. The Morgan fingerprint density at radius 1 is 1.08 bits per heavy atom. The van der Waals surface area contributed by atoms with Gasteiger partial charge in [-0.25, -0.2) is 9.67 Å². The van der Waals surface area contributed by atoms with E-state index in [9.17, 15) is 9.59 Å². The SMILES string of the molecule is Cc1[nH]n(-c2ccccc2)c(=O)c1C1=c2cc(Br)cc(C)c2=NC1=O. The average molecular weight is 396 g/mol. The van der Waals surface area contributed by atoms with E-state index in [4.69, 9.17) is 0 Å². The predicted octanol–water partition coefficient (Wildman–Crippen LogP) is 1.90. The van der Waals surface area contributed by atoms with E-state index in [-0.39, 0.29) is 11.5 Å². The van der Waals surface area contributed by atoms with Gasteiger partial charge >= 0.3 is 0 Å². The molecule has 1 aliphatic rings. The van der Waals surface area contributed by atoms with Crippen molar-refractivity contribution in [2.24, 2.45) is 4.99 Å². The maximum absolute atomic E-state index is 13.0. The number of hydrogen-bond donors (Lipinski definition) is 1. The quantitative estimate of drug-likeness (QED) is 0.719. The highest BCUT2D eigenvalue weighted by atomic mass is 79.9. The fourth-order valence-corrected chi connectivity index (χ4v) is 3.76. The molecule has 0 bridgehead atoms. The number of halogens is 1. The van der Waals surface area contributed by atoms with Crippen molar-refractivity contribution in [2.45, 2.75) is 13.8 Å². The molecule has 2 aromatic carbocycles. The first-order valence-corrected chi connectivity index (χ1v) is 8.57. The first-order chi connectivity index (χ1) is 12.0. The van der Waals surface area contributed by atoms with Crippen molar-refractivity contribution in [3.8, 4) is 5.69 Å². The second-order valence-electron chi connectivity index (χ2n) is 6.00. The number of aryl methyl sites for hydroxylation is 2. The molecule has 0 radical (unpaired) electrons. The van der Waals surface area contributed by atoms with Crippen molar-refractivity contribution in [1.82, 2.24) is 9.78 Å². The van der Waals surface area contributed by atoms with Gasteiger partial charge in [0.2, 0.25) is 0 Å². The van der Waals surface area contributed by atoms with Crippen molar-refractivity contribution < 1.29 is 4.79 Å². The Morgan fingerprint density at radius 2 is 1.80 bits per heavy atom. The van der Waals surface area contributed by atoms with Crippen molar-refractivity contribution >= 4 is 27.4 Å². The molecule has 1 aromatic heterocycles. The Hall–Kier alpha value is -2.73. The summed E-state index contributed by atoms with van der Waals surface area (Å²) in [5.41, 5.74) is 2.71. The number of para-hydroxylation sites is 1. The number of nitrogens with one attached hydrogen (secondary N) is 1. The second-order valence-corrected chi connectivity index (χ2v) is 6.91. The van der Waals surface area contributed by atoms with Crippen LogP contribution >= 0.6 is 15.9 Å². The third kappa shape index (κ3) is 2.41. The van der Waals surface area contributed by atoms with Crippen LogP contribution in [0.4, 0.5) is 0 Å². The molecule has 0 spiro atoms. The van der Waals surface area contributed by atoms with Gasteiger partial charge in [0.1, 0.15) is 0 Å². The lowest BCUT2D eigenvalue weighted by Crippen LogP contribution is -2.28. The molecule has 2 heterocycles. The van der Waals surface area contributed by atoms with Crippen LogP contribution in [0.1, 0.15) is 16.8 Å². The summed E-state index contributed by atoms with van der Waals surface area (Å²) in [6.07, 6.45) is 0. The number of hydrogen-bond acceptors (Lipinski definition) is 2. The number of carbonyl (C=O) groups is 1. The number of nitrogens with zero attached hydrogens (tertiary/aromatic N) is 2. The third-order valence-electron chi connectivity index (χ3n) is 4.30. The largest absolute Gasteiger partial charge is 0.295 e. The Kier molecular flexibility index (Phi) is 3.58. The first kappa shape index (κ1) is 15.8. The fourth-order valence-electron chi connectivity index (χ4n) is 3.19. The van der Waals surface area contributed by atoms with Crippen LogP contribution in [0.5, 0.6) is 0 Å². The number of aromatic nitrogens is 2. The second kappa shape index (κ2) is 5.67. The van der Waals surface area contributed by atoms with Gasteiger partial charge in [-0.05, 0) is 43.7 Å². The van der Waals surface area contributed by atoms with Gasteiger partial charge in [0, 0.05) is 15.4 Å². The highest BCUT2D eigenvalue weighted by molar-refractivity contribution is 9.10. The summed E-state index contributed by atoms with van der Waals surface area (Å²) in [4.78, 5) is 29.7. The van der Waals surface area contributed by atoms with Crippen LogP contribution in [0.15, 0.2) is 56.7 Å². The molecule has 124 valence electrons. The molecule has 0 unspecified atom stereocenters. The molecule has 0 saturated heterocycles. The minimum atomic E-state index is -0.379. The smallest absolute Gasteiger partial charge is 0.279 e. The Labute approximate surface area is 151 Å². The molecule has 0 aliphatic carbocycles. The van der Waals surface area contributed by atoms with E-state index in [1.165, 1.54) is 4.68 Å². The number of amides is 1. The number of H-pyrrole nitrogens is 1. The molecule has 1 amide bonds. The molecule has 1 N–H and O–H groups in total. The van der Waals surface area contributed by atoms with Gasteiger partial charge in [0.05, 0.1) is 22.2 Å². The third-order valence-corrected chi connectivity index (χ3v) is 4.76. The number of aromatic amines is 1. The number of benzene rings is 2. The molecular formula is C19H14BrN3O2. The highest BCUT2D eigenvalue weighted by Gasteiger charge is 2.26. The van der Waals surface area contributed by atoms with Gasteiger partial charge in [-0.2, -0.15) is 0 Å². The van der Waals surface area contributed by atoms with Gasteiger partial charge in [-0.15, -0.1) is 0 Å². The zero-order chi connectivity index (χ0) is 17.7. The van der Waals surface area contributed by atoms with E-state index in [2.05, 4.69) is 26.0 Å². The number of fused-ring (bicyclic) bond motifs is 1. The van der Waals surface area contributed by atoms with Gasteiger partial charge in [0.15, 0.2) is 0 Å². The van der Waals surface area contributed by atoms with Gasteiger partial charge < -0.3 is 0 Å². The monoisotopic (exact) mass is 395 g/mol. The van der Waals surface area contributed by atoms with Crippen LogP contribution < -0.4 is 16.1 Å². The topological polar surface area (TPSA) is 67.2 Å². The summed E-state index contributed by atoms with van der Waals surface area (Å²) in [6.45, 7) is 3.69. The van der Waals surface area contributed by atoms with Crippen LogP contribution in [-0.2, 0) is 4.79 Å². The predicted molar refractivity (Wildman–Crippen MR) is 98.3 cm³/mol. The van der Waals surface area contributed by atoms with Crippen LogP contribution in [-0.4, -0.2) is 15.7 Å². The number of carbonyl (C=O) groups excluding carboxylic acids is 1. The summed E-state index contributed by atoms with van der Waals surface area (Å²) >= 11 is 3.46. The van der Waals surface area contributed by atoms with E-state index in [1.807, 2.05) is 49.4 Å². The average Bonchev–Trinajstić information content (AvgIpc) is 3.05. The van der Waals surface area contributed by atoms with Gasteiger partial charge in [0.25, 0.3) is 11.5 Å².